The molecule has 2 heterocycles. The summed E-state index contributed by atoms with van der Waals surface area (Å²) in [5.41, 5.74) is 3.41. The number of aromatic nitrogens is 3. The van der Waals surface area contributed by atoms with E-state index in [1.165, 1.54) is 35.2 Å². The number of nitrogens with zero attached hydrogens (tertiary/aromatic N) is 5. The van der Waals surface area contributed by atoms with Crippen molar-refractivity contribution >= 4 is 11.6 Å². The van der Waals surface area contributed by atoms with Gasteiger partial charge in [-0.25, -0.2) is 4.68 Å². The molecule has 1 atom stereocenters. The minimum absolute atomic E-state index is 0.0494. The van der Waals surface area contributed by atoms with Gasteiger partial charge in [-0.15, -0.1) is 5.10 Å². The van der Waals surface area contributed by atoms with Gasteiger partial charge in [-0.2, -0.15) is 0 Å². The van der Waals surface area contributed by atoms with Gasteiger partial charge in [-0.1, -0.05) is 42.5 Å². The van der Waals surface area contributed by atoms with Crippen molar-refractivity contribution in [3.63, 3.8) is 0 Å². The summed E-state index contributed by atoms with van der Waals surface area (Å²) in [6, 6.07) is 14.4. The molecule has 1 aliphatic heterocycles. The van der Waals surface area contributed by atoms with Gasteiger partial charge in [0, 0.05) is 31.8 Å². The number of piperidine rings is 1. The molecule has 2 aromatic carbocycles. The van der Waals surface area contributed by atoms with Gasteiger partial charge in [-0.3, -0.25) is 19.8 Å². The Hall–Kier alpha value is -3.59. The lowest BCUT2D eigenvalue weighted by atomic mass is 9.99. The van der Waals surface area contributed by atoms with Crippen molar-refractivity contribution in [2.24, 2.45) is 5.92 Å². The number of nitro groups is 1. The molecule has 1 amide bonds. The van der Waals surface area contributed by atoms with Gasteiger partial charge >= 0.3 is 0 Å². The first kappa shape index (κ1) is 22.6. The number of rotatable bonds is 7. The van der Waals surface area contributed by atoms with E-state index in [1.54, 1.807) is 19.1 Å². The first-order valence-electron chi connectivity index (χ1n) is 11.2. The fourth-order valence-corrected chi connectivity index (χ4v) is 4.24. The third-order valence-corrected chi connectivity index (χ3v) is 6.02. The van der Waals surface area contributed by atoms with Crippen molar-refractivity contribution in [2.45, 2.75) is 39.8 Å². The number of carbonyl (C=O) groups excluding carboxylic acids is 1. The summed E-state index contributed by atoms with van der Waals surface area (Å²) in [7, 11) is 0. The molecule has 0 aliphatic carbocycles. The lowest BCUT2D eigenvalue weighted by Crippen LogP contribution is -2.33. The zero-order chi connectivity index (χ0) is 23.4. The molecule has 1 unspecified atom stereocenters. The Morgan fingerprint density at radius 2 is 1.97 bits per heavy atom. The van der Waals surface area contributed by atoms with E-state index in [-0.39, 0.29) is 17.3 Å². The van der Waals surface area contributed by atoms with Gasteiger partial charge < -0.3 is 5.32 Å². The highest BCUT2D eigenvalue weighted by molar-refractivity contribution is 5.93. The Labute approximate surface area is 192 Å². The first-order chi connectivity index (χ1) is 15.9. The molecule has 0 radical (unpaired) electrons. The SMILES string of the molecule is Cc1c(C(=O)NCc2ccc(CN3CCCC(C)C3)cc2)nnn1-c1cccc([N+](=O)[O-])c1. The van der Waals surface area contributed by atoms with E-state index in [4.69, 9.17) is 0 Å². The Balaban J connectivity index is 1.36. The van der Waals surface area contributed by atoms with Crippen molar-refractivity contribution in [1.82, 2.24) is 25.2 Å². The fraction of sp³-hybridized carbons (Fsp3) is 0.375. The van der Waals surface area contributed by atoms with Crippen LogP contribution in [-0.2, 0) is 13.1 Å². The van der Waals surface area contributed by atoms with Gasteiger partial charge in [0.2, 0.25) is 0 Å². The van der Waals surface area contributed by atoms with E-state index >= 15 is 0 Å². The number of nitrogens with one attached hydrogen (secondary N) is 1. The van der Waals surface area contributed by atoms with E-state index in [0.717, 1.165) is 31.1 Å². The predicted molar refractivity (Wildman–Crippen MR) is 124 cm³/mol. The summed E-state index contributed by atoms with van der Waals surface area (Å²) >= 11 is 0. The molecule has 9 nitrogen and oxygen atoms in total. The molecule has 0 bridgehead atoms. The second kappa shape index (κ2) is 9.91. The fourth-order valence-electron chi connectivity index (χ4n) is 4.24. The Bertz CT molecular complexity index is 1140. The standard InChI is InChI=1S/C24H28N6O3/c1-17-5-4-12-28(15-17)16-20-10-8-19(9-11-20)14-25-24(31)23-18(2)29(27-26-23)21-6-3-7-22(13-21)30(32)33/h3,6-11,13,17H,4-5,12,14-16H2,1-2H3,(H,25,31). The Morgan fingerprint density at radius 1 is 1.21 bits per heavy atom. The molecular formula is C24H28N6O3. The maximum Gasteiger partial charge on any atom is 0.274 e. The van der Waals surface area contributed by atoms with E-state index in [9.17, 15) is 14.9 Å². The minimum Gasteiger partial charge on any atom is -0.347 e. The van der Waals surface area contributed by atoms with E-state index in [0.29, 0.717) is 17.9 Å². The molecule has 33 heavy (non-hydrogen) atoms. The third kappa shape index (κ3) is 5.43. The van der Waals surface area contributed by atoms with Crippen LogP contribution in [-0.4, -0.2) is 43.8 Å². The number of nitro benzene ring substituents is 1. The van der Waals surface area contributed by atoms with Crippen LogP contribution >= 0.6 is 0 Å². The largest absolute Gasteiger partial charge is 0.347 e. The van der Waals surface area contributed by atoms with Crippen LogP contribution in [0, 0.1) is 23.0 Å². The van der Waals surface area contributed by atoms with Crippen LogP contribution in [0.4, 0.5) is 5.69 Å². The molecule has 1 N–H and O–H groups in total. The molecule has 1 saturated heterocycles. The first-order valence-corrected chi connectivity index (χ1v) is 11.2. The van der Waals surface area contributed by atoms with Crippen molar-refractivity contribution in [2.75, 3.05) is 13.1 Å². The van der Waals surface area contributed by atoms with Gasteiger partial charge in [0.25, 0.3) is 11.6 Å². The van der Waals surface area contributed by atoms with Crippen molar-refractivity contribution in [3.05, 3.63) is 81.2 Å². The van der Waals surface area contributed by atoms with Crippen LogP contribution in [0.25, 0.3) is 5.69 Å². The summed E-state index contributed by atoms with van der Waals surface area (Å²) in [4.78, 5) is 25.7. The average molecular weight is 449 g/mol. The van der Waals surface area contributed by atoms with Crippen LogP contribution in [0.3, 0.4) is 0 Å². The summed E-state index contributed by atoms with van der Waals surface area (Å²) in [6.45, 7) is 7.65. The van der Waals surface area contributed by atoms with Crippen molar-refractivity contribution in [3.8, 4) is 5.69 Å². The lowest BCUT2D eigenvalue weighted by molar-refractivity contribution is -0.384. The number of hydrogen-bond donors (Lipinski definition) is 1. The molecule has 0 saturated carbocycles. The molecule has 172 valence electrons. The molecule has 9 heteroatoms. The number of hydrogen-bond acceptors (Lipinski definition) is 6. The lowest BCUT2D eigenvalue weighted by Gasteiger charge is -2.30. The normalized spacial score (nSPS) is 16.5. The Morgan fingerprint density at radius 3 is 2.70 bits per heavy atom. The quantitative estimate of drug-likeness (QED) is 0.437. The molecule has 3 aromatic rings. The second-order valence-electron chi connectivity index (χ2n) is 8.69. The smallest absolute Gasteiger partial charge is 0.274 e. The zero-order valence-electron chi connectivity index (χ0n) is 18.9. The number of carbonyl (C=O) groups is 1. The molecule has 4 rings (SSSR count). The van der Waals surface area contributed by atoms with Gasteiger partial charge in [0.15, 0.2) is 5.69 Å². The van der Waals surface area contributed by atoms with Crippen molar-refractivity contribution in [1.29, 1.82) is 0 Å². The second-order valence-corrected chi connectivity index (χ2v) is 8.69. The van der Waals surface area contributed by atoms with Crippen LogP contribution in [0.2, 0.25) is 0 Å². The molecule has 1 aromatic heterocycles. The van der Waals surface area contributed by atoms with Gasteiger partial charge in [0.05, 0.1) is 16.3 Å². The van der Waals surface area contributed by atoms with Crippen LogP contribution in [0.1, 0.15) is 47.1 Å². The van der Waals surface area contributed by atoms with Crippen LogP contribution in [0.5, 0.6) is 0 Å². The number of benzene rings is 2. The van der Waals surface area contributed by atoms with Gasteiger partial charge in [0.1, 0.15) is 0 Å². The Kier molecular flexibility index (Phi) is 6.79. The highest BCUT2D eigenvalue weighted by Crippen LogP contribution is 2.19. The monoisotopic (exact) mass is 448 g/mol. The molecular weight excluding hydrogens is 420 g/mol. The maximum atomic E-state index is 12.7. The van der Waals surface area contributed by atoms with E-state index in [1.807, 2.05) is 12.1 Å². The zero-order valence-corrected chi connectivity index (χ0v) is 18.9. The summed E-state index contributed by atoms with van der Waals surface area (Å²) in [5, 5.41) is 21.9. The summed E-state index contributed by atoms with van der Waals surface area (Å²) < 4.78 is 1.43. The number of likely N-dealkylation sites (tertiary alicyclic amines) is 1. The summed E-state index contributed by atoms with van der Waals surface area (Å²) in [6.07, 6.45) is 2.57. The van der Waals surface area contributed by atoms with Gasteiger partial charge in [-0.05, 0) is 49.4 Å². The highest BCUT2D eigenvalue weighted by atomic mass is 16.6. The topological polar surface area (TPSA) is 106 Å². The molecule has 1 fully saturated rings. The number of non-ortho nitro benzene ring substituents is 1. The average Bonchev–Trinajstić information content (AvgIpc) is 3.20. The maximum absolute atomic E-state index is 12.7. The van der Waals surface area contributed by atoms with Crippen LogP contribution in [0.15, 0.2) is 48.5 Å². The van der Waals surface area contributed by atoms with Crippen LogP contribution < -0.4 is 5.32 Å². The highest BCUT2D eigenvalue weighted by Gasteiger charge is 2.19. The number of amides is 1. The summed E-state index contributed by atoms with van der Waals surface area (Å²) in [5.74, 6) is 0.419. The van der Waals surface area contributed by atoms with E-state index in [2.05, 4.69) is 39.6 Å². The van der Waals surface area contributed by atoms with E-state index < -0.39 is 4.92 Å². The minimum atomic E-state index is -0.471. The van der Waals surface area contributed by atoms with Crippen molar-refractivity contribution < 1.29 is 9.72 Å². The molecule has 1 aliphatic rings. The predicted octanol–water partition coefficient (Wildman–Crippen LogP) is 3.65. The molecule has 0 spiro atoms. The third-order valence-electron chi connectivity index (χ3n) is 6.02.